The predicted molar refractivity (Wildman–Crippen MR) is 138 cm³/mol. The molecule has 0 radical (unpaired) electrons. The van der Waals surface area contributed by atoms with Crippen LogP contribution in [0.1, 0.15) is 31.7 Å². The first kappa shape index (κ1) is 23.6. The normalized spacial score (nSPS) is 17.9. The summed E-state index contributed by atoms with van der Waals surface area (Å²) in [5.41, 5.74) is 7.59. The Morgan fingerprint density at radius 2 is 1.70 bits per heavy atom. The fourth-order valence-electron chi connectivity index (χ4n) is 5.51. The van der Waals surface area contributed by atoms with E-state index < -0.39 is 0 Å². The average molecular weight is 505 g/mol. The number of hydrogen-bond acceptors (Lipinski definition) is 8. The SMILES string of the molecule is Nc1ncnc2c1n(-c1ccc(Oc3ccc(F)cc3)nc1)c(=O)n2C1CCN(C2CCNCC2)CC1. The number of benzene rings is 1. The van der Waals surface area contributed by atoms with Gasteiger partial charge in [-0.3, -0.25) is 9.13 Å². The highest BCUT2D eigenvalue weighted by Gasteiger charge is 2.30. The van der Waals surface area contributed by atoms with Crippen LogP contribution in [0.2, 0.25) is 0 Å². The van der Waals surface area contributed by atoms with Gasteiger partial charge in [0.25, 0.3) is 0 Å². The second kappa shape index (κ2) is 9.91. The van der Waals surface area contributed by atoms with E-state index in [0.717, 1.165) is 39.0 Å². The zero-order valence-corrected chi connectivity index (χ0v) is 20.4. The Morgan fingerprint density at radius 3 is 2.41 bits per heavy atom. The third-order valence-corrected chi connectivity index (χ3v) is 7.38. The number of imidazole rings is 1. The van der Waals surface area contributed by atoms with E-state index in [2.05, 4.69) is 25.2 Å². The van der Waals surface area contributed by atoms with Crippen molar-refractivity contribution in [3.8, 4) is 17.3 Å². The molecule has 0 aliphatic carbocycles. The van der Waals surface area contributed by atoms with Gasteiger partial charge in [0.1, 0.15) is 23.4 Å². The van der Waals surface area contributed by atoms with Crippen LogP contribution in [0.15, 0.2) is 53.7 Å². The molecule has 2 aliphatic rings. The van der Waals surface area contributed by atoms with E-state index in [1.54, 1.807) is 22.9 Å². The molecule has 0 spiro atoms. The maximum Gasteiger partial charge on any atom is 0.335 e. The summed E-state index contributed by atoms with van der Waals surface area (Å²) in [4.78, 5) is 29.4. The molecule has 3 aromatic heterocycles. The molecule has 2 fully saturated rings. The summed E-state index contributed by atoms with van der Waals surface area (Å²) in [6.07, 6.45) is 7.03. The molecule has 4 aromatic rings. The molecule has 0 saturated carbocycles. The highest BCUT2D eigenvalue weighted by atomic mass is 19.1. The molecule has 5 heterocycles. The summed E-state index contributed by atoms with van der Waals surface area (Å²) in [5.74, 6) is 0.674. The average Bonchev–Trinajstić information content (AvgIpc) is 3.24. The quantitative estimate of drug-likeness (QED) is 0.426. The molecule has 10 nitrogen and oxygen atoms in total. The van der Waals surface area contributed by atoms with Crippen LogP contribution in [0.4, 0.5) is 10.2 Å². The number of ether oxygens (including phenoxy) is 1. The maximum atomic E-state index is 13.8. The number of likely N-dealkylation sites (tertiary alicyclic amines) is 1. The van der Waals surface area contributed by atoms with Crippen LogP contribution < -0.4 is 21.5 Å². The Labute approximate surface area is 212 Å². The van der Waals surface area contributed by atoms with Crippen LogP contribution in [0.5, 0.6) is 11.6 Å². The number of fused-ring (bicyclic) bond motifs is 1. The molecule has 2 aliphatic heterocycles. The standard InChI is InChI=1S/C26H29FN8O2/c27-17-1-4-21(5-2-17)37-22-6-3-20(15-30-22)34-23-24(28)31-16-32-25(23)35(26(34)36)19-9-13-33(14-10-19)18-7-11-29-12-8-18/h1-6,15-16,18-19,29H,7-14H2,(H2,28,31,32). The van der Waals surface area contributed by atoms with Gasteiger partial charge in [0.2, 0.25) is 5.88 Å². The molecular formula is C26H29FN8O2. The summed E-state index contributed by atoms with van der Waals surface area (Å²) in [5, 5.41) is 3.43. The van der Waals surface area contributed by atoms with Crippen molar-refractivity contribution in [1.82, 2.24) is 34.3 Å². The topological polar surface area (TPSA) is 116 Å². The molecule has 3 N–H and O–H groups in total. The lowest BCUT2D eigenvalue weighted by molar-refractivity contribution is 0.113. The Morgan fingerprint density at radius 1 is 0.946 bits per heavy atom. The maximum absolute atomic E-state index is 13.8. The van der Waals surface area contributed by atoms with Gasteiger partial charge in [-0.15, -0.1) is 0 Å². The zero-order valence-electron chi connectivity index (χ0n) is 20.4. The smallest absolute Gasteiger partial charge is 0.335 e. The minimum absolute atomic E-state index is 0.0255. The second-order valence-electron chi connectivity index (χ2n) is 9.58. The van der Waals surface area contributed by atoms with Crippen molar-refractivity contribution < 1.29 is 9.13 Å². The van der Waals surface area contributed by atoms with Crippen molar-refractivity contribution >= 4 is 17.0 Å². The number of anilines is 1. The number of aromatic nitrogens is 5. The van der Waals surface area contributed by atoms with Gasteiger partial charge in [-0.25, -0.2) is 24.1 Å². The largest absolute Gasteiger partial charge is 0.439 e. The minimum Gasteiger partial charge on any atom is -0.439 e. The monoisotopic (exact) mass is 504 g/mol. The van der Waals surface area contributed by atoms with Crippen LogP contribution in [0.3, 0.4) is 0 Å². The Balaban J connectivity index is 1.29. The van der Waals surface area contributed by atoms with E-state index in [9.17, 15) is 9.18 Å². The number of pyridine rings is 1. The Hall–Kier alpha value is -3.83. The highest BCUT2D eigenvalue weighted by Crippen LogP contribution is 2.30. The van der Waals surface area contributed by atoms with Gasteiger partial charge in [-0.1, -0.05) is 0 Å². The summed E-state index contributed by atoms with van der Waals surface area (Å²) in [6.45, 7) is 4.03. The molecule has 192 valence electrons. The van der Waals surface area contributed by atoms with Gasteiger partial charge < -0.3 is 20.7 Å². The summed E-state index contributed by atoms with van der Waals surface area (Å²) in [6, 6.07) is 9.72. The number of piperidine rings is 2. The molecule has 0 atom stereocenters. The number of rotatable bonds is 5. The molecular weight excluding hydrogens is 475 g/mol. The number of nitrogens with one attached hydrogen (secondary N) is 1. The zero-order chi connectivity index (χ0) is 25.4. The van der Waals surface area contributed by atoms with Gasteiger partial charge in [0.05, 0.1) is 11.9 Å². The van der Waals surface area contributed by atoms with Gasteiger partial charge in [0, 0.05) is 31.2 Å². The van der Waals surface area contributed by atoms with Gasteiger partial charge in [0.15, 0.2) is 11.5 Å². The van der Waals surface area contributed by atoms with E-state index >= 15 is 0 Å². The molecule has 6 rings (SSSR count). The van der Waals surface area contributed by atoms with Crippen molar-refractivity contribution in [2.24, 2.45) is 0 Å². The Kier molecular flexibility index (Phi) is 6.31. The van der Waals surface area contributed by atoms with E-state index in [1.807, 2.05) is 0 Å². The summed E-state index contributed by atoms with van der Waals surface area (Å²) < 4.78 is 22.2. The fraction of sp³-hybridized carbons (Fsp3) is 0.385. The third kappa shape index (κ3) is 4.56. The van der Waals surface area contributed by atoms with Crippen molar-refractivity contribution in [3.05, 3.63) is 65.2 Å². The van der Waals surface area contributed by atoms with E-state index in [-0.39, 0.29) is 23.4 Å². The van der Waals surface area contributed by atoms with E-state index in [4.69, 9.17) is 10.5 Å². The third-order valence-electron chi connectivity index (χ3n) is 7.38. The van der Waals surface area contributed by atoms with E-state index in [0.29, 0.717) is 34.5 Å². The number of halogens is 1. The van der Waals surface area contributed by atoms with Crippen LogP contribution in [-0.4, -0.2) is 61.2 Å². The molecule has 0 unspecified atom stereocenters. The molecule has 11 heteroatoms. The second-order valence-corrected chi connectivity index (χ2v) is 9.58. The van der Waals surface area contributed by atoms with Crippen molar-refractivity contribution in [2.75, 3.05) is 31.9 Å². The molecule has 0 bridgehead atoms. The fourth-order valence-corrected chi connectivity index (χ4v) is 5.51. The molecule has 0 amide bonds. The lowest BCUT2D eigenvalue weighted by Gasteiger charge is -2.39. The van der Waals surface area contributed by atoms with Crippen molar-refractivity contribution in [2.45, 2.75) is 37.8 Å². The number of nitrogen functional groups attached to an aromatic ring is 1. The Bertz CT molecular complexity index is 1440. The number of nitrogens with zero attached hydrogens (tertiary/aromatic N) is 6. The summed E-state index contributed by atoms with van der Waals surface area (Å²) in [7, 11) is 0. The highest BCUT2D eigenvalue weighted by molar-refractivity contribution is 5.84. The van der Waals surface area contributed by atoms with Gasteiger partial charge in [-0.2, -0.15) is 0 Å². The molecule has 37 heavy (non-hydrogen) atoms. The van der Waals surface area contributed by atoms with Crippen LogP contribution >= 0.6 is 0 Å². The lowest BCUT2D eigenvalue weighted by Crippen LogP contribution is -2.47. The van der Waals surface area contributed by atoms with Crippen LogP contribution in [0.25, 0.3) is 16.9 Å². The minimum atomic E-state index is -0.344. The first-order chi connectivity index (χ1) is 18.1. The summed E-state index contributed by atoms with van der Waals surface area (Å²) >= 11 is 0. The van der Waals surface area contributed by atoms with Gasteiger partial charge in [-0.05, 0) is 69.1 Å². The first-order valence-corrected chi connectivity index (χ1v) is 12.7. The first-order valence-electron chi connectivity index (χ1n) is 12.7. The van der Waals surface area contributed by atoms with Crippen molar-refractivity contribution in [3.63, 3.8) is 0 Å². The van der Waals surface area contributed by atoms with Crippen LogP contribution in [-0.2, 0) is 0 Å². The predicted octanol–water partition coefficient (Wildman–Crippen LogP) is 2.88. The molecule has 1 aromatic carbocycles. The number of hydrogen-bond donors (Lipinski definition) is 2. The lowest BCUT2D eigenvalue weighted by atomic mass is 9.98. The molecule has 2 saturated heterocycles. The van der Waals surface area contributed by atoms with E-state index in [1.165, 1.54) is 48.0 Å². The van der Waals surface area contributed by atoms with Crippen LogP contribution in [0, 0.1) is 5.82 Å². The number of nitrogens with two attached hydrogens (primary N) is 1. The van der Waals surface area contributed by atoms with Crippen molar-refractivity contribution in [1.29, 1.82) is 0 Å². The van der Waals surface area contributed by atoms with Gasteiger partial charge >= 0.3 is 5.69 Å².